The van der Waals surface area contributed by atoms with Crippen molar-refractivity contribution in [1.82, 2.24) is 15.4 Å². The molecule has 5 nitrogen and oxygen atoms in total. The van der Waals surface area contributed by atoms with Crippen molar-refractivity contribution in [2.45, 2.75) is 6.18 Å². The average Bonchev–Trinajstić information content (AvgIpc) is 2.96. The molecule has 2 aromatic carbocycles. The van der Waals surface area contributed by atoms with Crippen LogP contribution >= 0.6 is 0 Å². The first-order valence-electron chi connectivity index (χ1n) is 6.50. The summed E-state index contributed by atoms with van der Waals surface area (Å²) in [5.74, 6) is -0.435. The van der Waals surface area contributed by atoms with Gasteiger partial charge in [-0.05, 0) is 30.3 Å². The number of carbonyl (C=O) groups is 1. The van der Waals surface area contributed by atoms with Gasteiger partial charge in [-0.1, -0.05) is 12.1 Å². The minimum atomic E-state index is -4.44. The SMILES string of the molecule is O=C(NO)c1ccc2nc(-c3cccc(C(F)(F)F)c3)[nH]c2c1. The Balaban J connectivity index is 2.05. The summed E-state index contributed by atoms with van der Waals surface area (Å²) in [6.07, 6.45) is -4.44. The van der Waals surface area contributed by atoms with E-state index in [-0.39, 0.29) is 17.0 Å². The quantitative estimate of drug-likeness (QED) is 0.500. The first-order valence-corrected chi connectivity index (χ1v) is 6.50. The van der Waals surface area contributed by atoms with Gasteiger partial charge < -0.3 is 4.98 Å². The van der Waals surface area contributed by atoms with Crippen molar-refractivity contribution < 1.29 is 23.2 Å². The van der Waals surface area contributed by atoms with Gasteiger partial charge in [-0.25, -0.2) is 10.5 Å². The molecule has 1 amide bonds. The molecule has 0 fully saturated rings. The van der Waals surface area contributed by atoms with Crippen LogP contribution in [0.3, 0.4) is 0 Å². The topological polar surface area (TPSA) is 78.0 Å². The van der Waals surface area contributed by atoms with E-state index in [1.165, 1.54) is 35.8 Å². The molecule has 3 rings (SSSR count). The minimum Gasteiger partial charge on any atom is -0.338 e. The summed E-state index contributed by atoms with van der Waals surface area (Å²) in [4.78, 5) is 18.5. The number of carbonyl (C=O) groups excluding carboxylic acids is 1. The number of nitrogens with one attached hydrogen (secondary N) is 2. The molecular formula is C15H10F3N3O2. The molecule has 0 aliphatic carbocycles. The van der Waals surface area contributed by atoms with Crippen molar-refractivity contribution in [3.05, 3.63) is 53.6 Å². The summed E-state index contributed by atoms with van der Waals surface area (Å²) >= 11 is 0. The molecule has 0 unspecified atom stereocenters. The molecule has 0 saturated carbocycles. The van der Waals surface area contributed by atoms with Crippen molar-refractivity contribution in [3.63, 3.8) is 0 Å². The van der Waals surface area contributed by atoms with Gasteiger partial charge >= 0.3 is 6.18 Å². The lowest BCUT2D eigenvalue weighted by Crippen LogP contribution is -2.18. The zero-order chi connectivity index (χ0) is 16.6. The van der Waals surface area contributed by atoms with E-state index in [4.69, 9.17) is 5.21 Å². The summed E-state index contributed by atoms with van der Waals surface area (Å²) in [6.45, 7) is 0. The van der Waals surface area contributed by atoms with Crippen molar-refractivity contribution >= 4 is 16.9 Å². The Kier molecular flexibility index (Phi) is 3.53. The lowest BCUT2D eigenvalue weighted by molar-refractivity contribution is -0.137. The Morgan fingerprint density at radius 3 is 2.65 bits per heavy atom. The molecule has 0 radical (unpaired) electrons. The second-order valence-corrected chi connectivity index (χ2v) is 4.84. The van der Waals surface area contributed by atoms with Crippen LogP contribution in [0.4, 0.5) is 13.2 Å². The van der Waals surface area contributed by atoms with Crippen LogP contribution in [0.1, 0.15) is 15.9 Å². The lowest BCUT2D eigenvalue weighted by Gasteiger charge is -2.07. The van der Waals surface area contributed by atoms with Crippen LogP contribution in [0.15, 0.2) is 42.5 Å². The van der Waals surface area contributed by atoms with Gasteiger partial charge in [-0.2, -0.15) is 13.2 Å². The fourth-order valence-corrected chi connectivity index (χ4v) is 2.19. The highest BCUT2D eigenvalue weighted by atomic mass is 19.4. The summed E-state index contributed by atoms with van der Waals surface area (Å²) < 4.78 is 38.3. The molecule has 0 bridgehead atoms. The van der Waals surface area contributed by atoms with E-state index in [9.17, 15) is 18.0 Å². The number of hydroxylamine groups is 1. The standard InChI is InChI=1S/C15H10F3N3O2/c16-15(17,18)10-3-1-2-8(6-10)13-19-11-5-4-9(14(22)21-23)7-12(11)20-13/h1-7,23H,(H,19,20)(H,21,22). The van der Waals surface area contributed by atoms with Crippen LogP contribution in [-0.4, -0.2) is 21.1 Å². The van der Waals surface area contributed by atoms with Gasteiger partial charge in [0.15, 0.2) is 0 Å². The summed E-state index contributed by atoms with van der Waals surface area (Å²) in [5.41, 5.74) is 2.18. The molecule has 1 aromatic heterocycles. The number of alkyl halides is 3. The van der Waals surface area contributed by atoms with Crippen LogP contribution in [0.25, 0.3) is 22.4 Å². The molecule has 0 aliphatic rings. The number of hydrogen-bond acceptors (Lipinski definition) is 3. The van der Waals surface area contributed by atoms with E-state index < -0.39 is 17.6 Å². The summed E-state index contributed by atoms with van der Waals surface area (Å²) in [7, 11) is 0. The molecule has 0 atom stereocenters. The molecule has 3 N–H and O–H groups in total. The summed E-state index contributed by atoms with van der Waals surface area (Å²) in [5, 5.41) is 8.62. The van der Waals surface area contributed by atoms with E-state index in [0.29, 0.717) is 11.0 Å². The number of amides is 1. The third-order valence-corrected chi connectivity index (χ3v) is 3.31. The van der Waals surface area contributed by atoms with E-state index in [0.717, 1.165) is 12.1 Å². The second kappa shape index (κ2) is 5.40. The molecule has 1 heterocycles. The first-order chi connectivity index (χ1) is 10.9. The van der Waals surface area contributed by atoms with Crippen LogP contribution in [0.5, 0.6) is 0 Å². The Hall–Kier alpha value is -2.87. The third kappa shape index (κ3) is 2.88. The normalized spacial score (nSPS) is 11.7. The molecule has 8 heteroatoms. The van der Waals surface area contributed by atoms with Gasteiger partial charge in [0.05, 0.1) is 16.6 Å². The maximum atomic E-state index is 12.8. The maximum Gasteiger partial charge on any atom is 0.416 e. The van der Waals surface area contributed by atoms with Crippen LogP contribution in [0.2, 0.25) is 0 Å². The summed E-state index contributed by atoms with van der Waals surface area (Å²) in [6, 6.07) is 9.22. The highest BCUT2D eigenvalue weighted by Gasteiger charge is 2.30. The fraction of sp³-hybridized carbons (Fsp3) is 0.0667. The van der Waals surface area contributed by atoms with Crippen LogP contribution < -0.4 is 5.48 Å². The first kappa shape index (κ1) is 15.0. The number of imidazole rings is 1. The molecule has 0 spiro atoms. The third-order valence-electron chi connectivity index (χ3n) is 3.31. The molecule has 23 heavy (non-hydrogen) atoms. The monoisotopic (exact) mass is 321 g/mol. The Morgan fingerprint density at radius 2 is 1.96 bits per heavy atom. The predicted molar refractivity (Wildman–Crippen MR) is 75.8 cm³/mol. The number of aromatic amines is 1. The van der Waals surface area contributed by atoms with Crippen LogP contribution in [0, 0.1) is 0 Å². The molecule has 0 aliphatic heterocycles. The Bertz CT molecular complexity index is 887. The Labute approximate surface area is 127 Å². The molecule has 3 aromatic rings. The van der Waals surface area contributed by atoms with Crippen molar-refractivity contribution in [2.24, 2.45) is 0 Å². The van der Waals surface area contributed by atoms with Gasteiger partial charge in [0.25, 0.3) is 5.91 Å². The van der Waals surface area contributed by atoms with Crippen LogP contribution in [-0.2, 0) is 6.18 Å². The van der Waals surface area contributed by atoms with Crippen molar-refractivity contribution in [2.75, 3.05) is 0 Å². The number of halogens is 3. The number of H-pyrrole nitrogens is 1. The zero-order valence-electron chi connectivity index (χ0n) is 11.5. The highest BCUT2D eigenvalue weighted by Crippen LogP contribution is 2.32. The maximum absolute atomic E-state index is 12.8. The molecule has 0 saturated heterocycles. The Morgan fingerprint density at radius 1 is 1.17 bits per heavy atom. The van der Waals surface area contributed by atoms with E-state index >= 15 is 0 Å². The van der Waals surface area contributed by atoms with E-state index in [2.05, 4.69) is 9.97 Å². The van der Waals surface area contributed by atoms with Gasteiger partial charge in [0.1, 0.15) is 5.82 Å². The van der Waals surface area contributed by atoms with Gasteiger partial charge in [-0.3, -0.25) is 10.0 Å². The molecule has 118 valence electrons. The zero-order valence-corrected chi connectivity index (χ0v) is 11.5. The largest absolute Gasteiger partial charge is 0.416 e. The number of aromatic nitrogens is 2. The number of rotatable bonds is 2. The van der Waals surface area contributed by atoms with Gasteiger partial charge in [0.2, 0.25) is 0 Å². The number of fused-ring (bicyclic) bond motifs is 1. The van der Waals surface area contributed by atoms with E-state index in [1.54, 1.807) is 0 Å². The number of benzene rings is 2. The number of hydrogen-bond donors (Lipinski definition) is 3. The van der Waals surface area contributed by atoms with Gasteiger partial charge in [-0.15, -0.1) is 0 Å². The lowest BCUT2D eigenvalue weighted by atomic mass is 10.1. The second-order valence-electron chi connectivity index (χ2n) is 4.84. The van der Waals surface area contributed by atoms with E-state index in [1.807, 2.05) is 0 Å². The predicted octanol–water partition coefficient (Wildman–Crippen LogP) is 3.37. The fourth-order valence-electron chi connectivity index (χ4n) is 2.19. The highest BCUT2D eigenvalue weighted by molar-refractivity contribution is 5.97. The van der Waals surface area contributed by atoms with Crippen molar-refractivity contribution in [3.8, 4) is 11.4 Å². The molecular weight excluding hydrogens is 311 g/mol. The number of nitrogens with zero attached hydrogens (tertiary/aromatic N) is 1. The average molecular weight is 321 g/mol. The van der Waals surface area contributed by atoms with Crippen molar-refractivity contribution in [1.29, 1.82) is 0 Å². The van der Waals surface area contributed by atoms with Gasteiger partial charge in [0, 0.05) is 11.1 Å². The smallest absolute Gasteiger partial charge is 0.338 e. The minimum absolute atomic E-state index is 0.194.